The third-order valence-electron chi connectivity index (χ3n) is 4.60. The van der Waals surface area contributed by atoms with Crippen LogP contribution in [0.3, 0.4) is 0 Å². The summed E-state index contributed by atoms with van der Waals surface area (Å²) in [7, 11) is 1.78. The van der Waals surface area contributed by atoms with E-state index in [1.165, 1.54) is 0 Å². The summed E-state index contributed by atoms with van der Waals surface area (Å²) in [6.45, 7) is 1.09. The molecule has 1 atom stereocenters. The third-order valence-corrected chi connectivity index (χ3v) is 4.60. The van der Waals surface area contributed by atoms with Crippen molar-refractivity contribution in [2.24, 2.45) is 0 Å². The number of hydrogen-bond acceptors (Lipinski definition) is 2. The van der Waals surface area contributed by atoms with Crippen LogP contribution in [-0.4, -0.2) is 45.9 Å². The lowest BCUT2D eigenvalue weighted by Gasteiger charge is -2.33. The summed E-state index contributed by atoms with van der Waals surface area (Å²) in [6, 6.07) is 13.2. The van der Waals surface area contributed by atoms with Crippen LogP contribution in [0.5, 0.6) is 0 Å². The van der Waals surface area contributed by atoms with E-state index in [1.807, 2.05) is 53.2 Å². The zero-order valence-corrected chi connectivity index (χ0v) is 13.3. The van der Waals surface area contributed by atoms with Gasteiger partial charge >= 0.3 is 0 Å². The normalized spacial score (nSPS) is 17.1. The molecule has 0 spiro atoms. The first-order chi connectivity index (χ1) is 11.6. The van der Waals surface area contributed by atoms with Crippen molar-refractivity contribution in [1.29, 1.82) is 0 Å². The fraction of sp³-hybridized carbons (Fsp3) is 0.222. The maximum atomic E-state index is 12.4. The van der Waals surface area contributed by atoms with Crippen molar-refractivity contribution in [2.75, 3.05) is 13.6 Å². The molecule has 3 heterocycles. The number of amides is 2. The topological polar surface area (TPSA) is 70.1 Å². The molecular formula is C18H18N4O2. The molecule has 4 rings (SSSR count). The van der Waals surface area contributed by atoms with Crippen LogP contribution in [0.4, 0.5) is 0 Å². The average molecular weight is 322 g/mol. The molecule has 0 radical (unpaired) electrons. The van der Waals surface area contributed by atoms with E-state index in [0.29, 0.717) is 24.5 Å². The van der Waals surface area contributed by atoms with Crippen LogP contribution in [0, 0.1) is 0 Å². The summed E-state index contributed by atoms with van der Waals surface area (Å²) in [5.41, 5.74) is 2.16. The van der Waals surface area contributed by atoms with Gasteiger partial charge in [0.15, 0.2) is 0 Å². The first-order valence-corrected chi connectivity index (χ1v) is 7.92. The highest BCUT2D eigenvalue weighted by molar-refractivity contribution is 5.98. The fourth-order valence-electron chi connectivity index (χ4n) is 3.17. The second-order valence-corrected chi connectivity index (χ2v) is 6.10. The second-order valence-electron chi connectivity index (χ2n) is 6.10. The van der Waals surface area contributed by atoms with E-state index < -0.39 is 0 Å². The molecule has 0 saturated carbocycles. The van der Waals surface area contributed by atoms with E-state index >= 15 is 0 Å². The summed E-state index contributed by atoms with van der Waals surface area (Å²) in [6.07, 6.45) is 1.90. The average Bonchev–Trinajstić information content (AvgIpc) is 3.22. The Morgan fingerprint density at radius 3 is 2.96 bits per heavy atom. The van der Waals surface area contributed by atoms with Crippen molar-refractivity contribution in [2.45, 2.75) is 12.6 Å². The van der Waals surface area contributed by atoms with Crippen molar-refractivity contribution in [3.63, 3.8) is 0 Å². The highest BCUT2D eigenvalue weighted by Crippen LogP contribution is 2.17. The van der Waals surface area contributed by atoms with Crippen molar-refractivity contribution in [3.8, 4) is 0 Å². The van der Waals surface area contributed by atoms with Crippen molar-refractivity contribution < 1.29 is 9.59 Å². The van der Waals surface area contributed by atoms with E-state index in [1.54, 1.807) is 11.9 Å². The Morgan fingerprint density at radius 2 is 2.12 bits per heavy atom. The van der Waals surface area contributed by atoms with Gasteiger partial charge in [0.25, 0.3) is 11.8 Å². The van der Waals surface area contributed by atoms with E-state index in [-0.39, 0.29) is 17.9 Å². The number of likely N-dealkylation sites (N-methyl/N-ethyl adjacent to an activating group) is 1. The molecule has 0 aliphatic carbocycles. The van der Waals surface area contributed by atoms with Gasteiger partial charge in [-0.1, -0.05) is 18.2 Å². The van der Waals surface area contributed by atoms with Crippen LogP contribution >= 0.6 is 0 Å². The molecule has 24 heavy (non-hydrogen) atoms. The predicted octanol–water partition coefficient (Wildman–Crippen LogP) is 1.85. The van der Waals surface area contributed by atoms with E-state index in [4.69, 9.17) is 0 Å². The monoisotopic (exact) mass is 322 g/mol. The van der Waals surface area contributed by atoms with Crippen LogP contribution in [0.15, 0.2) is 48.7 Å². The van der Waals surface area contributed by atoms with Crippen LogP contribution in [0.25, 0.3) is 10.9 Å². The molecule has 2 aromatic heterocycles. The smallest absolute Gasteiger partial charge is 0.270 e. The maximum Gasteiger partial charge on any atom is 0.270 e. The molecule has 0 fully saturated rings. The molecule has 1 aliphatic rings. The minimum atomic E-state index is -0.162. The fourth-order valence-corrected chi connectivity index (χ4v) is 3.17. The lowest BCUT2D eigenvalue weighted by atomic mass is 10.1. The molecule has 3 aromatic rings. The summed E-state index contributed by atoms with van der Waals surface area (Å²) in [5.74, 6) is -0.179. The quantitative estimate of drug-likeness (QED) is 0.772. The number of nitrogens with one attached hydrogen (secondary N) is 2. The minimum absolute atomic E-state index is 0.0175. The Balaban J connectivity index is 1.46. The van der Waals surface area contributed by atoms with Gasteiger partial charge in [0.1, 0.15) is 11.4 Å². The molecule has 0 saturated heterocycles. The van der Waals surface area contributed by atoms with Crippen LogP contribution < -0.4 is 5.32 Å². The number of carbonyl (C=O) groups is 2. The first-order valence-electron chi connectivity index (χ1n) is 7.92. The van der Waals surface area contributed by atoms with Crippen molar-refractivity contribution in [1.82, 2.24) is 19.8 Å². The summed E-state index contributed by atoms with van der Waals surface area (Å²) in [5, 5.41) is 3.93. The molecule has 6 heteroatoms. The number of hydrogen-bond donors (Lipinski definition) is 2. The Hall–Kier alpha value is -3.02. The van der Waals surface area contributed by atoms with E-state index in [2.05, 4.69) is 10.3 Å². The summed E-state index contributed by atoms with van der Waals surface area (Å²) in [4.78, 5) is 29.5. The predicted molar refractivity (Wildman–Crippen MR) is 90.9 cm³/mol. The largest absolute Gasteiger partial charge is 0.351 e. The maximum absolute atomic E-state index is 12.4. The third kappa shape index (κ3) is 2.36. The molecule has 0 bridgehead atoms. The number of aromatic amines is 1. The molecule has 122 valence electrons. The molecule has 1 aromatic carbocycles. The highest BCUT2D eigenvalue weighted by atomic mass is 16.2. The van der Waals surface area contributed by atoms with Gasteiger partial charge in [-0.2, -0.15) is 0 Å². The van der Waals surface area contributed by atoms with Crippen LogP contribution in [0.1, 0.15) is 21.0 Å². The van der Waals surface area contributed by atoms with Crippen LogP contribution in [-0.2, 0) is 6.54 Å². The lowest BCUT2D eigenvalue weighted by molar-refractivity contribution is 0.0645. The van der Waals surface area contributed by atoms with E-state index in [0.717, 1.165) is 10.9 Å². The number of H-pyrrole nitrogens is 1. The summed E-state index contributed by atoms with van der Waals surface area (Å²) < 4.78 is 1.93. The zero-order chi connectivity index (χ0) is 16.7. The number of aromatic nitrogens is 2. The molecule has 2 N–H and O–H groups in total. The molecular weight excluding hydrogens is 304 g/mol. The highest BCUT2D eigenvalue weighted by Gasteiger charge is 2.29. The minimum Gasteiger partial charge on any atom is -0.351 e. The SMILES string of the molecule is CN1C(=O)c2cccn2CC1CNC(=O)c1cc2ccccc2[nH]1. The van der Waals surface area contributed by atoms with Gasteiger partial charge in [-0.05, 0) is 24.3 Å². The Kier molecular flexibility index (Phi) is 3.37. The second kappa shape index (κ2) is 5.56. The molecule has 2 amide bonds. The Labute approximate surface area is 139 Å². The van der Waals surface area contributed by atoms with Gasteiger partial charge in [-0.15, -0.1) is 0 Å². The number of nitrogens with zero attached hydrogens (tertiary/aromatic N) is 2. The van der Waals surface area contributed by atoms with E-state index in [9.17, 15) is 9.59 Å². The van der Waals surface area contributed by atoms with Crippen LogP contribution in [0.2, 0.25) is 0 Å². The van der Waals surface area contributed by atoms with Gasteiger partial charge < -0.3 is 19.8 Å². The lowest BCUT2D eigenvalue weighted by Crippen LogP contribution is -2.50. The van der Waals surface area contributed by atoms with Gasteiger partial charge in [0.2, 0.25) is 0 Å². The van der Waals surface area contributed by atoms with Gasteiger partial charge in [-0.3, -0.25) is 9.59 Å². The number of rotatable bonds is 3. The Morgan fingerprint density at radius 1 is 1.29 bits per heavy atom. The van der Waals surface area contributed by atoms with Crippen molar-refractivity contribution >= 4 is 22.7 Å². The summed E-state index contributed by atoms with van der Waals surface area (Å²) >= 11 is 0. The van der Waals surface area contributed by atoms with Gasteiger partial charge in [0.05, 0.1) is 6.04 Å². The zero-order valence-electron chi connectivity index (χ0n) is 13.3. The number of carbonyl (C=O) groups excluding carboxylic acids is 2. The molecule has 1 aliphatic heterocycles. The van der Waals surface area contributed by atoms with Crippen molar-refractivity contribution in [3.05, 3.63) is 60.0 Å². The number of para-hydroxylation sites is 1. The molecule has 6 nitrogen and oxygen atoms in total. The van der Waals surface area contributed by atoms with Gasteiger partial charge in [-0.25, -0.2) is 0 Å². The first kappa shape index (κ1) is 14.6. The standard InChI is InChI=1S/C18H18N4O2/c1-21-13(11-22-8-4-7-16(22)18(21)24)10-19-17(23)15-9-12-5-2-3-6-14(12)20-15/h2-9,13,20H,10-11H2,1H3,(H,19,23). The number of fused-ring (bicyclic) bond motifs is 2. The van der Waals surface area contributed by atoms with Gasteiger partial charge in [0, 0.05) is 37.2 Å². The molecule has 1 unspecified atom stereocenters. The Bertz CT molecular complexity index is 891. The number of benzene rings is 1.